The summed E-state index contributed by atoms with van der Waals surface area (Å²) in [6, 6.07) is 0. The van der Waals surface area contributed by atoms with Gasteiger partial charge >= 0.3 is 12.1 Å². The molecule has 0 aromatic heterocycles. The lowest BCUT2D eigenvalue weighted by molar-refractivity contribution is -0.150. The van der Waals surface area contributed by atoms with Crippen molar-refractivity contribution in [1.82, 2.24) is 0 Å². The Kier molecular flexibility index (Phi) is 2.39. The molecule has 5 aliphatic rings. The molecule has 0 radical (unpaired) electrons. The van der Waals surface area contributed by atoms with Gasteiger partial charge in [-0.1, -0.05) is 6.58 Å². The fraction of sp³-hybridized carbons (Fsp3) is 0.765. The van der Waals surface area contributed by atoms with E-state index in [1.54, 1.807) is 6.92 Å². The summed E-state index contributed by atoms with van der Waals surface area (Å²) in [5, 5.41) is 0. The van der Waals surface area contributed by atoms with Crippen molar-refractivity contribution in [1.29, 1.82) is 0 Å². The minimum absolute atomic E-state index is 0.0190. The topological polar surface area (TPSA) is 61.8 Å². The first kappa shape index (κ1) is 13.0. The van der Waals surface area contributed by atoms with Crippen LogP contribution in [0.1, 0.15) is 26.2 Å². The largest absolute Gasteiger partial charge is 0.509 e. The van der Waals surface area contributed by atoms with E-state index in [2.05, 4.69) is 6.58 Å². The lowest BCUT2D eigenvalue weighted by Gasteiger charge is -2.40. The van der Waals surface area contributed by atoms with Gasteiger partial charge in [-0.2, -0.15) is 0 Å². The van der Waals surface area contributed by atoms with Gasteiger partial charge < -0.3 is 14.2 Å². The molecule has 0 amide bonds. The Balaban J connectivity index is 1.39. The molecule has 4 saturated carbocycles. The number of ether oxygens (including phenoxy) is 3. The van der Waals surface area contributed by atoms with Crippen molar-refractivity contribution in [3.8, 4) is 0 Å². The maximum absolute atomic E-state index is 11.8. The second-order valence-corrected chi connectivity index (χ2v) is 7.75. The van der Waals surface area contributed by atoms with E-state index < -0.39 is 6.16 Å². The first-order valence-electron chi connectivity index (χ1n) is 8.28. The van der Waals surface area contributed by atoms with E-state index in [9.17, 15) is 9.59 Å². The minimum Gasteiger partial charge on any atom is -0.459 e. The van der Waals surface area contributed by atoms with Crippen LogP contribution in [0.3, 0.4) is 0 Å². The van der Waals surface area contributed by atoms with Crippen LogP contribution in [0.4, 0.5) is 4.79 Å². The highest BCUT2D eigenvalue weighted by atomic mass is 16.8. The molecule has 118 valence electrons. The Morgan fingerprint density at radius 3 is 2.45 bits per heavy atom. The van der Waals surface area contributed by atoms with Gasteiger partial charge in [0, 0.05) is 17.4 Å². The lowest BCUT2D eigenvalue weighted by Crippen LogP contribution is -2.46. The lowest BCUT2D eigenvalue weighted by atomic mass is 9.68. The second-order valence-electron chi connectivity index (χ2n) is 7.75. The standard InChI is InChI=1S/C17H20O5/c1-6(2)16(18)20-11-4-7-3-8(11)13-10-5-9(12(7)13)14-15(10)22-17(19)21-14/h7-15H,1,3-5H2,2H3. The van der Waals surface area contributed by atoms with Gasteiger partial charge in [-0.15, -0.1) is 0 Å². The average molecular weight is 304 g/mol. The number of fused-ring (bicyclic) bond motifs is 12. The third-order valence-electron chi connectivity index (χ3n) is 6.84. The summed E-state index contributed by atoms with van der Waals surface area (Å²) in [6.07, 6.45) is 2.65. The van der Waals surface area contributed by atoms with Crippen LogP contribution in [0.5, 0.6) is 0 Å². The molecule has 1 aliphatic heterocycles. The molecule has 1 saturated heterocycles. The van der Waals surface area contributed by atoms with Crippen molar-refractivity contribution in [3.05, 3.63) is 12.2 Å². The van der Waals surface area contributed by atoms with Crippen LogP contribution in [-0.2, 0) is 19.0 Å². The van der Waals surface area contributed by atoms with E-state index in [0.29, 0.717) is 41.1 Å². The van der Waals surface area contributed by atoms with Crippen molar-refractivity contribution in [2.45, 2.75) is 44.5 Å². The Morgan fingerprint density at radius 1 is 1.09 bits per heavy atom. The van der Waals surface area contributed by atoms with E-state index in [-0.39, 0.29) is 24.3 Å². The highest BCUT2D eigenvalue weighted by Crippen LogP contribution is 2.69. The molecule has 5 nitrogen and oxygen atoms in total. The highest BCUT2D eigenvalue weighted by molar-refractivity contribution is 5.87. The van der Waals surface area contributed by atoms with Crippen LogP contribution in [0, 0.1) is 35.5 Å². The number of carbonyl (C=O) groups excluding carboxylic acids is 2. The van der Waals surface area contributed by atoms with E-state index in [1.807, 2.05) is 0 Å². The van der Waals surface area contributed by atoms with E-state index in [1.165, 1.54) is 0 Å². The number of esters is 1. The van der Waals surface area contributed by atoms with Gasteiger partial charge in [-0.05, 0) is 49.9 Å². The predicted molar refractivity (Wildman–Crippen MR) is 74.6 cm³/mol. The third-order valence-corrected chi connectivity index (χ3v) is 6.84. The van der Waals surface area contributed by atoms with Gasteiger partial charge in [0.05, 0.1) is 0 Å². The zero-order valence-corrected chi connectivity index (χ0v) is 12.6. The van der Waals surface area contributed by atoms with Crippen molar-refractivity contribution >= 4 is 12.1 Å². The molecule has 0 N–H and O–H groups in total. The van der Waals surface area contributed by atoms with Crippen LogP contribution in [0.15, 0.2) is 12.2 Å². The molecule has 9 atom stereocenters. The number of rotatable bonds is 2. The summed E-state index contributed by atoms with van der Waals surface area (Å²) in [4.78, 5) is 23.3. The molecule has 1 heterocycles. The first-order valence-corrected chi connectivity index (χ1v) is 8.28. The molecule has 9 unspecified atom stereocenters. The SMILES string of the molecule is C=C(C)C(=O)OC1CC2CC1C1C3CC(C4OC(=O)OC34)C21. The van der Waals surface area contributed by atoms with Crippen molar-refractivity contribution in [2.24, 2.45) is 35.5 Å². The molecular formula is C17H20O5. The molecule has 22 heavy (non-hydrogen) atoms. The summed E-state index contributed by atoms with van der Waals surface area (Å²) in [5.74, 6) is 2.77. The third kappa shape index (κ3) is 1.45. The molecule has 0 aromatic rings. The smallest absolute Gasteiger partial charge is 0.459 e. The molecule has 4 bridgehead atoms. The number of hydrogen-bond acceptors (Lipinski definition) is 5. The first-order chi connectivity index (χ1) is 10.5. The van der Waals surface area contributed by atoms with Crippen molar-refractivity contribution in [2.75, 3.05) is 0 Å². The molecule has 0 spiro atoms. The quantitative estimate of drug-likeness (QED) is 0.445. The van der Waals surface area contributed by atoms with E-state index in [0.717, 1.165) is 19.3 Å². The Morgan fingerprint density at radius 2 is 1.77 bits per heavy atom. The summed E-state index contributed by atoms with van der Waals surface area (Å²) >= 11 is 0. The number of hydrogen-bond donors (Lipinski definition) is 0. The summed E-state index contributed by atoms with van der Waals surface area (Å²) in [7, 11) is 0. The van der Waals surface area contributed by atoms with E-state index in [4.69, 9.17) is 14.2 Å². The second kappa shape index (κ2) is 4.06. The molecular weight excluding hydrogens is 284 g/mol. The predicted octanol–water partition coefficient (Wildman–Crippen LogP) is 2.30. The van der Waals surface area contributed by atoms with Gasteiger partial charge in [0.1, 0.15) is 18.3 Å². The summed E-state index contributed by atoms with van der Waals surface area (Å²) < 4.78 is 16.5. The molecule has 4 aliphatic carbocycles. The van der Waals surface area contributed by atoms with Gasteiger partial charge in [0.2, 0.25) is 0 Å². The highest BCUT2D eigenvalue weighted by Gasteiger charge is 2.71. The number of carbonyl (C=O) groups is 2. The summed E-state index contributed by atoms with van der Waals surface area (Å²) in [6.45, 7) is 5.36. The van der Waals surface area contributed by atoms with Crippen LogP contribution in [-0.4, -0.2) is 30.4 Å². The minimum atomic E-state index is -0.498. The normalized spacial score (nSPS) is 53.0. The van der Waals surface area contributed by atoms with Crippen LogP contribution >= 0.6 is 0 Å². The van der Waals surface area contributed by atoms with Gasteiger partial charge in [-0.3, -0.25) is 0 Å². The van der Waals surface area contributed by atoms with Gasteiger partial charge in [0.25, 0.3) is 0 Å². The fourth-order valence-electron chi connectivity index (χ4n) is 6.38. The van der Waals surface area contributed by atoms with Gasteiger partial charge in [0.15, 0.2) is 0 Å². The van der Waals surface area contributed by atoms with Crippen LogP contribution in [0.25, 0.3) is 0 Å². The van der Waals surface area contributed by atoms with Gasteiger partial charge in [-0.25, -0.2) is 9.59 Å². The molecule has 5 rings (SSSR count). The van der Waals surface area contributed by atoms with E-state index >= 15 is 0 Å². The van der Waals surface area contributed by atoms with Crippen molar-refractivity contribution < 1.29 is 23.8 Å². The zero-order chi connectivity index (χ0) is 15.2. The fourth-order valence-corrected chi connectivity index (χ4v) is 6.38. The maximum atomic E-state index is 11.8. The van der Waals surface area contributed by atoms with Crippen molar-refractivity contribution in [3.63, 3.8) is 0 Å². The Labute approximate surface area is 129 Å². The monoisotopic (exact) mass is 304 g/mol. The Hall–Kier alpha value is -1.52. The Bertz CT molecular complexity index is 584. The molecule has 0 aromatic carbocycles. The zero-order valence-electron chi connectivity index (χ0n) is 12.6. The maximum Gasteiger partial charge on any atom is 0.509 e. The molecule has 5 fully saturated rings. The average Bonchev–Trinajstić information content (AvgIpc) is 3.17. The summed E-state index contributed by atoms with van der Waals surface area (Å²) in [5.41, 5.74) is 0.463. The molecule has 5 heteroatoms. The van der Waals surface area contributed by atoms with Crippen LogP contribution < -0.4 is 0 Å². The van der Waals surface area contributed by atoms with Crippen LogP contribution in [0.2, 0.25) is 0 Å².